The van der Waals surface area contributed by atoms with E-state index < -0.39 is 0 Å². The topological polar surface area (TPSA) is 38.7 Å². The fourth-order valence-corrected chi connectivity index (χ4v) is 8.21. The molecule has 0 amide bonds. The third kappa shape index (κ3) is 5.16. The molecule has 0 bridgehead atoms. The standard InChI is InChI=1S/C50H35N3/c1-50(2)43-25-15-14-24-38(43)41-28-42-40(29-45(32-16-6-3-7-17-32)51-48(42)30-44(41)50)37-26-27-39(36-23-13-12-22-35(36)37)49-52-46(33-18-8-4-9-19-33)31-47(53-49)34-20-10-5-11-21-34/h3-31H,1-2H3. The Labute approximate surface area is 309 Å². The van der Waals surface area contributed by atoms with E-state index in [0.29, 0.717) is 5.82 Å². The fraction of sp³-hybridized carbons (Fsp3) is 0.0600. The van der Waals surface area contributed by atoms with Crippen molar-refractivity contribution in [2.24, 2.45) is 0 Å². The first-order valence-electron chi connectivity index (χ1n) is 18.2. The lowest BCUT2D eigenvalue weighted by Crippen LogP contribution is -2.14. The van der Waals surface area contributed by atoms with Crippen LogP contribution in [-0.2, 0) is 5.41 Å². The highest BCUT2D eigenvalue weighted by molar-refractivity contribution is 6.10. The predicted molar refractivity (Wildman–Crippen MR) is 220 cm³/mol. The van der Waals surface area contributed by atoms with Gasteiger partial charge in [-0.05, 0) is 74.5 Å². The van der Waals surface area contributed by atoms with Crippen LogP contribution in [0.1, 0.15) is 25.0 Å². The van der Waals surface area contributed by atoms with Crippen LogP contribution in [0.4, 0.5) is 0 Å². The van der Waals surface area contributed by atoms with Gasteiger partial charge >= 0.3 is 0 Å². The lowest BCUT2D eigenvalue weighted by molar-refractivity contribution is 0.661. The maximum absolute atomic E-state index is 5.34. The first-order valence-corrected chi connectivity index (χ1v) is 18.2. The maximum Gasteiger partial charge on any atom is 0.161 e. The highest BCUT2D eigenvalue weighted by atomic mass is 14.9. The summed E-state index contributed by atoms with van der Waals surface area (Å²) >= 11 is 0. The van der Waals surface area contributed by atoms with Crippen LogP contribution in [0, 0.1) is 0 Å². The van der Waals surface area contributed by atoms with E-state index in [-0.39, 0.29) is 5.41 Å². The van der Waals surface area contributed by atoms with Gasteiger partial charge in [-0.2, -0.15) is 0 Å². The minimum Gasteiger partial charge on any atom is -0.248 e. The summed E-state index contributed by atoms with van der Waals surface area (Å²) in [6.45, 7) is 4.66. The van der Waals surface area contributed by atoms with Gasteiger partial charge in [0.15, 0.2) is 5.82 Å². The van der Waals surface area contributed by atoms with Gasteiger partial charge in [-0.25, -0.2) is 15.0 Å². The monoisotopic (exact) mass is 677 g/mol. The summed E-state index contributed by atoms with van der Waals surface area (Å²) in [6, 6.07) is 62.3. The molecule has 10 rings (SSSR count). The summed E-state index contributed by atoms with van der Waals surface area (Å²) in [5, 5.41) is 3.39. The first kappa shape index (κ1) is 31.1. The number of benzene rings is 7. The molecule has 1 aliphatic rings. The zero-order chi connectivity index (χ0) is 35.5. The highest BCUT2D eigenvalue weighted by Gasteiger charge is 2.36. The minimum absolute atomic E-state index is 0.119. The molecule has 0 radical (unpaired) electrons. The molecule has 0 atom stereocenters. The Bertz CT molecular complexity index is 2780. The van der Waals surface area contributed by atoms with E-state index in [4.69, 9.17) is 15.0 Å². The molecule has 0 N–H and O–H groups in total. The van der Waals surface area contributed by atoms with Gasteiger partial charge < -0.3 is 0 Å². The second-order valence-electron chi connectivity index (χ2n) is 14.4. The smallest absolute Gasteiger partial charge is 0.161 e. The van der Waals surface area contributed by atoms with Gasteiger partial charge in [-0.3, -0.25) is 0 Å². The number of rotatable bonds is 5. The van der Waals surface area contributed by atoms with Crippen molar-refractivity contribution in [2.75, 3.05) is 0 Å². The van der Waals surface area contributed by atoms with Crippen molar-refractivity contribution in [3.8, 4) is 67.4 Å². The molecule has 0 aliphatic heterocycles. The SMILES string of the molecule is CC1(C)c2ccccc2-c2cc3c(-c4ccc(-c5nc(-c6ccccc6)cc(-c6ccccc6)n5)c5ccccc45)cc(-c4ccccc4)nc3cc21. The molecule has 2 heterocycles. The Morgan fingerprint density at radius 1 is 0.340 bits per heavy atom. The fourth-order valence-electron chi connectivity index (χ4n) is 8.21. The van der Waals surface area contributed by atoms with Gasteiger partial charge in [0.25, 0.3) is 0 Å². The molecule has 0 spiro atoms. The average Bonchev–Trinajstić information content (AvgIpc) is 3.45. The second-order valence-corrected chi connectivity index (χ2v) is 14.4. The van der Waals surface area contributed by atoms with Crippen molar-refractivity contribution in [3.05, 3.63) is 187 Å². The third-order valence-electron chi connectivity index (χ3n) is 10.9. The summed E-state index contributed by atoms with van der Waals surface area (Å²) in [4.78, 5) is 15.8. The Kier molecular flexibility index (Phi) is 7.16. The van der Waals surface area contributed by atoms with Crippen molar-refractivity contribution in [3.63, 3.8) is 0 Å². The van der Waals surface area contributed by atoms with Crippen LogP contribution in [-0.4, -0.2) is 15.0 Å². The van der Waals surface area contributed by atoms with Gasteiger partial charge in [0.2, 0.25) is 0 Å². The van der Waals surface area contributed by atoms with Gasteiger partial charge in [0, 0.05) is 33.1 Å². The average molecular weight is 678 g/mol. The van der Waals surface area contributed by atoms with Crippen molar-refractivity contribution in [1.82, 2.24) is 15.0 Å². The van der Waals surface area contributed by atoms with Gasteiger partial charge in [-0.1, -0.05) is 159 Å². The quantitative estimate of drug-likeness (QED) is 0.182. The van der Waals surface area contributed by atoms with E-state index in [0.717, 1.165) is 72.1 Å². The summed E-state index contributed by atoms with van der Waals surface area (Å²) in [6.07, 6.45) is 0. The van der Waals surface area contributed by atoms with Crippen LogP contribution in [0.2, 0.25) is 0 Å². The number of nitrogens with zero attached hydrogens (tertiary/aromatic N) is 3. The van der Waals surface area contributed by atoms with Crippen LogP contribution >= 0.6 is 0 Å². The van der Waals surface area contributed by atoms with Gasteiger partial charge in [-0.15, -0.1) is 0 Å². The van der Waals surface area contributed by atoms with Crippen molar-refractivity contribution in [1.29, 1.82) is 0 Å². The van der Waals surface area contributed by atoms with E-state index in [1.807, 2.05) is 12.1 Å². The molecule has 3 heteroatoms. The Hall–Kier alpha value is -6.71. The molecule has 53 heavy (non-hydrogen) atoms. The molecular formula is C50H35N3. The third-order valence-corrected chi connectivity index (χ3v) is 10.9. The van der Waals surface area contributed by atoms with Gasteiger partial charge in [0.1, 0.15) is 0 Å². The van der Waals surface area contributed by atoms with E-state index in [9.17, 15) is 0 Å². The Morgan fingerprint density at radius 2 is 0.849 bits per heavy atom. The van der Waals surface area contributed by atoms with E-state index in [1.165, 1.54) is 22.3 Å². The molecule has 0 unspecified atom stereocenters. The molecule has 7 aromatic carbocycles. The number of hydrogen-bond acceptors (Lipinski definition) is 3. The van der Waals surface area contributed by atoms with E-state index >= 15 is 0 Å². The Balaban J connectivity index is 1.23. The first-order chi connectivity index (χ1) is 26.0. The summed E-state index contributed by atoms with van der Waals surface area (Å²) in [7, 11) is 0. The van der Waals surface area contributed by atoms with Crippen molar-refractivity contribution >= 4 is 21.7 Å². The maximum atomic E-state index is 5.34. The molecule has 2 aromatic heterocycles. The predicted octanol–water partition coefficient (Wildman–Crippen LogP) is 12.8. The molecule has 1 aliphatic carbocycles. The molecule has 0 saturated carbocycles. The molecule has 3 nitrogen and oxygen atoms in total. The van der Waals surface area contributed by atoms with Crippen LogP contribution < -0.4 is 0 Å². The van der Waals surface area contributed by atoms with Crippen LogP contribution in [0.3, 0.4) is 0 Å². The second kappa shape index (κ2) is 12.2. The zero-order valence-electron chi connectivity index (χ0n) is 29.6. The van der Waals surface area contributed by atoms with Crippen LogP contribution in [0.15, 0.2) is 176 Å². The molecule has 0 fully saturated rings. The number of aromatic nitrogens is 3. The summed E-state index contributed by atoms with van der Waals surface area (Å²) in [5.41, 5.74) is 15.4. The van der Waals surface area contributed by atoms with E-state index in [2.05, 4.69) is 178 Å². The summed E-state index contributed by atoms with van der Waals surface area (Å²) < 4.78 is 0. The molecule has 9 aromatic rings. The van der Waals surface area contributed by atoms with Crippen LogP contribution in [0.5, 0.6) is 0 Å². The number of pyridine rings is 1. The molecular weight excluding hydrogens is 643 g/mol. The normalized spacial score (nSPS) is 12.9. The Morgan fingerprint density at radius 3 is 1.47 bits per heavy atom. The highest BCUT2D eigenvalue weighted by Crippen LogP contribution is 2.51. The van der Waals surface area contributed by atoms with Crippen molar-refractivity contribution < 1.29 is 0 Å². The largest absolute Gasteiger partial charge is 0.248 e. The number of hydrogen-bond donors (Lipinski definition) is 0. The number of fused-ring (bicyclic) bond motifs is 5. The minimum atomic E-state index is -0.119. The lowest BCUT2D eigenvalue weighted by Gasteiger charge is -2.22. The van der Waals surface area contributed by atoms with E-state index in [1.54, 1.807) is 0 Å². The zero-order valence-corrected chi connectivity index (χ0v) is 29.6. The lowest BCUT2D eigenvalue weighted by atomic mass is 9.82. The summed E-state index contributed by atoms with van der Waals surface area (Å²) in [5.74, 6) is 0.703. The van der Waals surface area contributed by atoms with Crippen LogP contribution in [0.25, 0.3) is 89.1 Å². The van der Waals surface area contributed by atoms with Gasteiger partial charge in [0.05, 0.1) is 22.6 Å². The molecule has 250 valence electrons. The van der Waals surface area contributed by atoms with Crippen molar-refractivity contribution in [2.45, 2.75) is 19.3 Å². The molecule has 0 saturated heterocycles.